The third-order valence-electron chi connectivity index (χ3n) is 9.04. The summed E-state index contributed by atoms with van der Waals surface area (Å²) < 4.78 is 22.4. The smallest absolute Gasteiger partial charge is 0.302 e. The molecule has 6 atom stereocenters. The Labute approximate surface area is 270 Å². The number of ketones is 3. The molecule has 6 N–H and O–H groups in total. The number of phenolic OH excluding ortho intramolecular Hbond substituents is 2. The summed E-state index contributed by atoms with van der Waals surface area (Å²) in [7, 11) is 1.32. The minimum atomic E-state index is -2.27. The number of ether oxygens (including phenoxy) is 4. The predicted octanol–water partition coefficient (Wildman–Crippen LogP) is 0.975. The van der Waals surface area contributed by atoms with Crippen molar-refractivity contribution in [2.45, 2.75) is 82.2 Å². The molecule has 2 aromatic rings. The molecule has 0 spiro atoms. The zero-order chi connectivity index (χ0) is 34.2. The molecule has 0 saturated carbocycles. The Morgan fingerprint density at radius 2 is 1.81 bits per heavy atom. The fourth-order valence-electron chi connectivity index (χ4n) is 6.65. The molecule has 1 aliphatic heterocycles. The molecule has 0 aromatic heterocycles. The van der Waals surface area contributed by atoms with Gasteiger partial charge >= 0.3 is 5.97 Å². The molecule has 14 heteroatoms. The lowest BCUT2D eigenvalue weighted by atomic mass is 9.72. The molecule has 0 bridgehead atoms. The average Bonchev–Trinajstić information content (AvgIpc) is 3.04. The van der Waals surface area contributed by atoms with Gasteiger partial charge in [-0.25, -0.2) is 0 Å². The molecule has 1 heterocycles. The third-order valence-corrected chi connectivity index (χ3v) is 9.04. The summed E-state index contributed by atoms with van der Waals surface area (Å²) in [5, 5.41) is 58.3. The number of hydrogen-bond donors (Lipinski definition) is 6. The number of carbonyl (C=O) groups is 4. The van der Waals surface area contributed by atoms with Crippen LogP contribution >= 0.6 is 0 Å². The van der Waals surface area contributed by atoms with Crippen LogP contribution in [0.2, 0.25) is 0 Å². The van der Waals surface area contributed by atoms with Crippen molar-refractivity contribution in [2.24, 2.45) is 0 Å². The summed E-state index contributed by atoms with van der Waals surface area (Å²) >= 11 is 0. The molecule has 47 heavy (non-hydrogen) atoms. The molecule has 0 amide bonds. The minimum Gasteiger partial charge on any atom is -0.507 e. The molecule has 2 aromatic carbocycles. The lowest BCUT2D eigenvalue weighted by molar-refractivity contribution is -0.249. The van der Waals surface area contributed by atoms with E-state index >= 15 is 0 Å². The van der Waals surface area contributed by atoms with E-state index in [1.54, 1.807) is 6.92 Å². The Balaban J connectivity index is 1.49. The number of fused-ring (bicyclic) bond motifs is 3. The lowest BCUT2D eigenvalue weighted by Crippen LogP contribution is -2.54. The summed E-state index contributed by atoms with van der Waals surface area (Å²) in [6, 6.07) is 3.85. The van der Waals surface area contributed by atoms with Gasteiger partial charge in [0.1, 0.15) is 29.5 Å². The quantitative estimate of drug-likeness (QED) is 0.0962. The van der Waals surface area contributed by atoms with Gasteiger partial charge < -0.3 is 49.8 Å². The van der Waals surface area contributed by atoms with Crippen LogP contribution in [0.15, 0.2) is 18.2 Å². The van der Waals surface area contributed by atoms with Crippen molar-refractivity contribution in [3.05, 3.63) is 51.6 Å². The number of carbonyl (C=O) groups excluding carboxylic acids is 4. The van der Waals surface area contributed by atoms with Crippen molar-refractivity contribution in [3.63, 3.8) is 0 Å². The Morgan fingerprint density at radius 1 is 1.09 bits per heavy atom. The van der Waals surface area contributed by atoms with Crippen molar-refractivity contribution in [2.75, 3.05) is 26.9 Å². The lowest BCUT2D eigenvalue weighted by Gasteiger charge is -2.43. The van der Waals surface area contributed by atoms with Gasteiger partial charge in [-0.3, -0.25) is 19.2 Å². The van der Waals surface area contributed by atoms with E-state index < -0.39 is 95.7 Å². The van der Waals surface area contributed by atoms with Crippen LogP contribution in [-0.4, -0.2) is 106 Å². The first-order valence-corrected chi connectivity index (χ1v) is 15.4. The molecule has 3 aliphatic rings. The van der Waals surface area contributed by atoms with Crippen LogP contribution in [0.25, 0.3) is 0 Å². The standard InChI is InChI=1S/C33H39NO13/c1-15-28(38)19(34-9-4-5-10-45-16(2)36)11-23(46-15)47-21-13-33(43,22(37)14-35)12-18-25(21)32(42)27-26(30(18)40)29(39)17-7-6-8-20(44-3)24(17)31(27)41/h6-8,15,19,21,23,28,34-35,38,40,42-43H,4-5,9-14H2,1-3H3/t15-,19-,21?,23-,28+,33?/m0/s1. The summed E-state index contributed by atoms with van der Waals surface area (Å²) in [5.41, 5.74) is -3.70. The molecule has 1 fully saturated rings. The van der Waals surface area contributed by atoms with Crippen LogP contribution in [0, 0.1) is 0 Å². The summed E-state index contributed by atoms with van der Waals surface area (Å²) in [6.45, 7) is 2.66. The highest BCUT2D eigenvalue weighted by Crippen LogP contribution is 2.52. The molecular formula is C33H39NO13. The van der Waals surface area contributed by atoms with Gasteiger partial charge in [-0.15, -0.1) is 0 Å². The maximum absolute atomic E-state index is 13.8. The average molecular weight is 658 g/mol. The molecule has 5 rings (SSSR count). The van der Waals surface area contributed by atoms with Crippen LogP contribution in [0.5, 0.6) is 17.2 Å². The van der Waals surface area contributed by atoms with E-state index in [-0.39, 0.29) is 47.0 Å². The highest BCUT2D eigenvalue weighted by atomic mass is 16.7. The van der Waals surface area contributed by atoms with Crippen LogP contribution in [0.3, 0.4) is 0 Å². The van der Waals surface area contributed by atoms with Gasteiger partial charge in [0, 0.05) is 48.9 Å². The number of aromatic hydroxyl groups is 2. The summed E-state index contributed by atoms with van der Waals surface area (Å²) in [6.07, 6.45) is -3.84. The SMILES string of the molecule is COc1cccc2c1C(=O)c1c(O)c3c(c(O)c1C2=O)CC(O)(C(=O)CO)CC3O[C@H]1C[C@H](NCCCCOC(C)=O)[C@H](O)[C@H](C)O1. The van der Waals surface area contributed by atoms with E-state index in [4.69, 9.17) is 18.9 Å². The van der Waals surface area contributed by atoms with Gasteiger partial charge in [0.25, 0.3) is 0 Å². The zero-order valence-electron chi connectivity index (χ0n) is 26.3. The first kappa shape index (κ1) is 34.4. The largest absolute Gasteiger partial charge is 0.507 e. The van der Waals surface area contributed by atoms with Crippen LogP contribution < -0.4 is 10.1 Å². The van der Waals surface area contributed by atoms with Gasteiger partial charge in [-0.05, 0) is 32.4 Å². The number of aliphatic hydroxyl groups excluding tert-OH is 2. The Kier molecular flexibility index (Phi) is 10.0. The first-order chi connectivity index (χ1) is 22.3. The van der Waals surface area contributed by atoms with Gasteiger partial charge in [0.05, 0.1) is 48.7 Å². The van der Waals surface area contributed by atoms with Gasteiger partial charge in [0.2, 0.25) is 5.78 Å². The maximum atomic E-state index is 13.8. The van der Waals surface area contributed by atoms with E-state index in [2.05, 4.69) is 5.32 Å². The number of phenols is 2. The van der Waals surface area contributed by atoms with Gasteiger partial charge in [-0.1, -0.05) is 12.1 Å². The third kappa shape index (κ3) is 6.36. The van der Waals surface area contributed by atoms with Crippen LogP contribution in [-0.2, 0) is 30.2 Å². The van der Waals surface area contributed by atoms with E-state index in [0.29, 0.717) is 19.4 Å². The van der Waals surface area contributed by atoms with Crippen molar-refractivity contribution >= 4 is 23.3 Å². The number of unbranched alkanes of at least 4 members (excludes halogenated alkanes) is 1. The Morgan fingerprint density at radius 3 is 2.49 bits per heavy atom. The monoisotopic (exact) mass is 657 g/mol. The number of methoxy groups -OCH3 is 1. The van der Waals surface area contributed by atoms with E-state index in [1.165, 1.54) is 32.2 Å². The number of hydrogen-bond acceptors (Lipinski definition) is 14. The molecule has 14 nitrogen and oxygen atoms in total. The Bertz CT molecular complexity index is 1590. The highest BCUT2D eigenvalue weighted by molar-refractivity contribution is 6.31. The summed E-state index contributed by atoms with van der Waals surface area (Å²) in [4.78, 5) is 51.3. The maximum Gasteiger partial charge on any atom is 0.302 e. The van der Waals surface area contributed by atoms with Gasteiger partial charge in [0.15, 0.2) is 17.9 Å². The van der Waals surface area contributed by atoms with Crippen molar-refractivity contribution in [3.8, 4) is 17.2 Å². The second-order valence-electron chi connectivity index (χ2n) is 12.1. The van der Waals surface area contributed by atoms with Crippen molar-refractivity contribution in [1.29, 1.82) is 0 Å². The van der Waals surface area contributed by atoms with Crippen LogP contribution in [0.1, 0.15) is 88.6 Å². The molecule has 0 radical (unpaired) electrons. The van der Waals surface area contributed by atoms with Crippen molar-refractivity contribution < 1.29 is 63.7 Å². The second-order valence-corrected chi connectivity index (χ2v) is 12.1. The number of aliphatic hydroxyl groups is 3. The molecular weight excluding hydrogens is 618 g/mol. The molecule has 1 saturated heterocycles. The van der Waals surface area contributed by atoms with Crippen LogP contribution in [0.4, 0.5) is 0 Å². The molecule has 2 unspecified atom stereocenters. The predicted molar refractivity (Wildman–Crippen MR) is 161 cm³/mol. The molecule has 254 valence electrons. The molecule has 2 aliphatic carbocycles. The van der Waals surface area contributed by atoms with E-state index in [0.717, 1.165) is 0 Å². The fourth-order valence-corrected chi connectivity index (χ4v) is 6.65. The van der Waals surface area contributed by atoms with E-state index in [9.17, 15) is 44.7 Å². The van der Waals surface area contributed by atoms with Gasteiger partial charge in [-0.2, -0.15) is 0 Å². The van der Waals surface area contributed by atoms with Crippen molar-refractivity contribution in [1.82, 2.24) is 5.32 Å². The number of Topliss-reactive ketones (excluding diaryl/α,β-unsaturated/α-hetero) is 1. The first-order valence-electron chi connectivity index (χ1n) is 15.4. The number of esters is 1. The number of benzene rings is 2. The summed E-state index contributed by atoms with van der Waals surface area (Å²) in [5.74, 6) is -4.19. The second kappa shape index (κ2) is 13.7. The number of rotatable bonds is 11. The topological polar surface area (TPSA) is 218 Å². The highest BCUT2D eigenvalue weighted by Gasteiger charge is 2.50. The minimum absolute atomic E-state index is 0.0603. The Hall–Kier alpha value is -3.92. The number of nitrogens with one attached hydrogen (secondary N) is 1. The van der Waals surface area contributed by atoms with E-state index in [1.807, 2.05) is 0 Å². The fraction of sp³-hybridized carbons (Fsp3) is 0.515. The normalized spacial score (nSPS) is 26.6. The zero-order valence-corrected chi connectivity index (χ0v) is 26.3.